The van der Waals surface area contributed by atoms with Gasteiger partial charge < -0.3 is 4.42 Å². The third kappa shape index (κ3) is 3.59. The molecule has 0 saturated carbocycles. The van der Waals surface area contributed by atoms with Gasteiger partial charge in [-0.3, -0.25) is 4.98 Å². The molecule has 6 heteroatoms. The zero-order valence-corrected chi connectivity index (χ0v) is 15.0. The first-order valence-electron chi connectivity index (χ1n) is 8.27. The van der Waals surface area contributed by atoms with Crippen LogP contribution in [0.2, 0.25) is 0 Å². The number of aromatic nitrogens is 3. The molecule has 2 aromatic carbocycles. The molecule has 0 amide bonds. The Kier molecular flexibility index (Phi) is 4.69. The second-order valence-electron chi connectivity index (χ2n) is 5.90. The lowest BCUT2D eigenvalue weighted by molar-refractivity contribution is 0.515. The third-order valence-corrected chi connectivity index (χ3v) is 4.69. The largest absolute Gasteiger partial charge is 0.419 e. The summed E-state index contributed by atoms with van der Waals surface area (Å²) in [5.74, 6) is 0.886. The summed E-state index contributed by atoms with van der Waals surface area (Å²) in [5.41, 5.74) is 4.54. The van der Waals surface area contributed by atoms with Crippen LogP contribution in [0.4, 0.5) is 0 Å². The number of hydrogen-bond donors (Lipinski definition) is 1. The molecule has 0 fully saturated rings. The predicted molar refractivity (Wildman–Crippen MR) is 105 cm³/mol. The highest BCUT2D eigenvalue weighted by atomic mass is 32.1. The van der Waals surface area contributed by atoms with Gasteiger partial charge in [0.05, 0.1) is 11.6 Å². The number of rotatable bonds is 4. The van der Waals surface area contributed by atoms with Gasteiger partial charge in [-0.05, 0) is 41.0 Å². The highest BCUT2D eigenvalue weighted by Gasteiger charge is 2.17. The molecule has 0 bridgehead atoms. The molecule has 4 aromatic rings. The molecule has 2 heterocycles. The Morgan fingerprint density at radius 1 is 0.815 bits per heavy atom. The highest BCUT2D eigenvalue weighted by molar-refractivity contribution is 7.80. The molecule has 0 saturated heterocycles. The number of benzene rings is 2. The maximum atomic E-state index is 8.90. The van der Waals surface area contributed by atoms with Crippen molar-refractivity contribution < 1.29 is 4.42 Å². The fraction of sp³-hybridized carbons (Fsp3) is 0.0476. The minimum absolute atomic E-state index is 0.317. The van der Waals surface area contributed by atoms with E-state index in [-0.39, 0.29) is 5.25 Å². The Bertz CT molecular complexity index is 1080. The van der Waals surface area contributed by atoms with E-state index in [9.17, 15) is 0 Å². The summed E-state index contributed by atoms with van der Waals surface area (Å²) in [4.78, 5) is 3.98. The fourth-order valence-electron chi connectivity index (χ4n) is 2.69. The normalized spacial score (nSPS) is 11.7. The lowest BCUT2D eigenvalue weighted by atomic mass is 10.0. The van der Waals surface area contributed by atoms with Crippen molar-refractivity contribution in [3.05, 3.63) is 90.1 Å². The minimum Gasteiger partial charge on any atom is -0.419 e. The van der Waals surface area contributed by atoms with Crippen LogP contribution in [0.15, 0.2) is 77.5 Å². The van der Waals surface area contributed by atoms with Gasteiger partial charge in [-0.1, -0.05) is 36.4 Å². The molecule has 0 radical (unpaired) electrons. The topological polar surface area (TPSA) is 75.6 Å². The van der Waals surface area contributed by atoms with Gasteiger partial charge in [0.2, 0.25) is 11.8 Å². The summed E-state index contributed by atoms with van der Waals surface area (Å²) < 4.78 is 5.77. The van der Waals surface area contributed by atoms with Gasteiger partial charge in [-0.15, -0.1) is 10.2 Å². The smallest absolute Gasteiger partial charge is 0.247 e. The summed E-state index contributed by atoms with van der Waals surface area (Å²) in [6.45, 7) is 0. The van der Waals surface area contributed by atoms with Crippen LogP contribution in [0, 0.1) is 11.3 Å². The van der Waals surface area contributed by atoms with Crippen LogP contribution in [0.1, 0.15) is 22.3 Å². The summed E-state index contributed by atoms with van der Waals surface area (Å²) in [6, 6.07) is 21.3. The number of pyridine rings is 1. The Morgan fingerprint density at radius 3 is 2.07 bits per heavy atom. The second-order valence-corrected chi connectivity index (χ2v) is 6.41. The molecule has 0 N–H and O–H groups in total. The summed E-state index contributed by atoms with van der Waals surface area (Å²) in [7, 11) is 0. The van der Waals surface area contributed by atoms with E-state index >= 15 is 0 Å². The van der Waals surface area contributed by atoms with Crippen LogP contribution in [-0.2, 0) is 0 Å². The van der Waals surface area contributed by atoms with Crippen molar-refractivity contribution in [1.29, 1.82) is 5.26 Å². The Balaban J connectivity index is 1.55. The molecule has 130 valence electrons. The van der Waals surface area contributed by atoms with Crippen molar-refractivity contribution in [2.45, 2.75) is 5.25 Å². The molecule has 0 aliphatic carbocycles. The molecule has 4 rings (SSSR count). The van der Waals surface area contributed by atoms with Gasteiger partial charge in [0.25, 0.3) is 0 Å². The van der Waals surface area contributed by atoms with Gasteiger partial charge in [0.1, 0.15) is 5.25 Å². The van der Waals surface area contributed by atoms with Crippen LogP contribution in [-0.4, -0.2) is 15.2 Å². The first kappa shape index (κ1) is 17.0. The van der Waals surface area contributed by atoms with E-state index in [4.69, 9.17) is 9.68 Å². The maximum Gasteiger partial charge on any atom is 0.247 e. The SMILES string of the molecule is N#Cc1ccc(-c2ccc(C(S)c3nnc(-c4ccncc4)o3)cc2)cc1. The van der Waals surface area contributed by atoms with Gasteiger partial charge in [-0.25, -0.2) is 0 Å². The van der Waals surface area contributed by atoms with Gasteiger partial charge in [0, 0.05) is 18.0 Å². The minimum atomic E-state index is -0.317. The monoisotopic (exact) mass is 370 g/mol. The Labute approximate surface area is 161 Å². The maximum absolute atomic E-state index is 8.90. The van der Waals surface area contributed by atoms with Gasteiger partial charge in [-0.2, -0.15) is 17.9 Å². The summed E-state index contributed by atoms with van der Waals surface area (Å²) in [6.07, 6.45) is 3.36. The molecule has 0 spiro atoms. The van der Waals surface area contributed by atoms with E-state index < -0.39 is 0 Å². The van der Waals surface area contributed by atoms with Gasteiger partial charge >= 0.3 is 0 Å². The van der Waals surface area contributed by atoms with E-state index in [2.05, 4.69) is 33.9 Å². The number of nitriles is 1. The first-order valence-corrected chi connectivity index (χ1v) is 8.78. The van der Waals surface area contributed by atoms with Crippen molar-refractivity contribution in [3.8, 4) is 28.7 Å². The molecule has 0 aliphatic heterocycles. The lowest BCUT2D eigenvalue weighted by Gasteiger charge is -2.08. The van der Waals surface area contributed by atoms with Crippen LogP contribution in [0.5, 0.6) is 0 Å². The quantitative estimate of drug-likeness (QED) is 0.528. The standard InChI is InChI=1S/C21H14N4OS/c22-13-14-1-3-15(4-2-14)16-5-7-17(8-6-16)19(27)21-25-24-20(26-21)18-9-11-23-12-10-18/h1-12,19,27H. The Morgan fingerprint density at radius 2 is 1.44 bits per heavy atom. The molecular formula is C21H14N4OS. The van der Waals surface area contributed by atoms with E-state index in [1.807, 2.05) is 60.7 Å². The van der Waals surface area contributed by atoms with E-state index in [1.54, 1.807) is 12.4 Å². The third-order valence-electron chi connectivity index (χ3n) is 4.18. The zero-order valence-electron chi connectivity index (χ0n) is 14.1. The molecule has 5 nitrogen and oxygen atoms in total. The predicted octanol–water partition coefficient (Wildman–Crippen LogP) is 4.69. The van der Waals surface area contributed by atoms with Crippen LogP contribution >= 0.6 is 12.6 Å². The van der Waals surface area contributed by atoms with Crippen LogP contribution in [0.3, 0.4) is 0 Å². The van der Waals surface area contributed by atoms with Crippen molar-refractivity contribution in [2.75, 3.05) is 0 Å². The average Bonchev–Trinajstić information content (AvgIpc) is 3.24. The van der Waals surface area contributed by atoms with Crippen molar-refractivity contribution in [3.63, 3.8) is 0 Å². The number of thiol groups is 1. The van der Waals surface area contributed by atoms with Crippen molar-refractivity contribution in [1.82, 2.24) is 15.2 Å². The first-order chi connectivity index (χ1) is 13.2. The highest BCUT2D eigenvalue weighted by Crippen LogP contribution is 2.31. The van der Waals surface area contributed by atoms with Gasteiger partial charge in [0.15, 0.2) is 0 Å². The molecule has 2 aromatic heterocycles. The van der Waals surface area contributed by atoms with E-state index in [1.165, 1.54) is 0 Å². The summed E-state index contributed by atoms with van der Waals surface area (Å²) in [5, 5.41) is 16.8. The molecular weight excluding hydrogens is 356 g/mol. The lowest BCUT2D eigenvalue weighted by Crippen LogP contribution is -1.94. The molecule has 1 unspecified atom stereocenters. The van der Waals surface area contributed by atoms with E-state index in [0.29, 0.717) is 17.3 Å². The van der Waals surface area contributed by atoms with Crippen molar-refractivity contribution in [2.24, 2.45) is 0 Å². The average molecular weight is 370 g/mol. The van der Waals surface area contributed by atoms with Crippen molar-refractivity contribution >= 4 is 12.6 Å². The zero-order chi connectivity index (χ0) is 18.6. The second kappa shape index (κ2) is 7.44. The van der Waals surface area contributed by atoms with Crippen LogP contribution in [0.25, 0.3) is 22.6 Å². The molecule has 1 atom stereocenters. The summed E-state index contributed by atoms with van der Waals surface area (Å²) >= 11 is 4.64. The molecule has 0 aliphatic rings. The number of hydrogen-bond acceptors (Lipinski definition) is 6. The van der Waals surface area contributed by atoms with Crippen LogP contribution < -0.4 is 0 Å². The fourth-order valence-corrected chi connectivity index (χ4v) is 2.97. The number of nitrogens with zero attached hydrogens (tertiary/aromatic N) is 4. The van der Waals surface area contributed by atoms with E-state index in [0.717, 1.165) is 22.3 Å². The molecule has 27 heavy (non-hydrogen) atoms. The Hall–Kier alpha value is -3.43.